The lowest BCUT2D eigenvalue weighted by Gasteiger charge is -2.25. The third-order valence-electron chi connectivity index (χ3n) is 2.89. The monoisotopic (exact) mass is 238 g/mol. The van der Waals surface area contributed by atoms with Crippen molar-refractivity contribution in [1.82, 2.24) is 19.7 Å². The summed E-state index contributed by atoms with van der Waals surface area (Å²) in [5.74, 6) is -0.377. The largest absolute Gasteiger partial charge is 0.463 e. The van der Waals surface area contributed by atoms with Crippen LogP contribution in [0.4, 0.5) is 0 Å². The first kappa shape index (κ1) is 12.0. The van der Waals surface area contributed by atoms with Crippen LogP contribution in [0.25, 0.3) is 0 Å². The van der Waals surface area contributed by atoms with E-state index in [1.165, 1.54) is 20.0 Å². The average molecular weight is 238 g/mol. The van der Waals surface area contributed by atoms with Crippen LogP contribution in [0.3, 0.4) is 0 Å². The van der Waals surface area contributed by atoms with E-state index in [1.807, 2.05) is 0 Å². The van der Waals surface area contributed by atoms with E-state index in [-0.39, 0.29) is 5.82 Å². The first-order valence-corrected chi connectivity index (χ1v) is 5.85. The molecule has 1 aromatic heterocycles. The van der Waals surface area contributed by atoms with E-state index in [2.05, 4.69) is 33.6 Å². The van der Waals surface area contributed by atoms with Crippen molar-refractivity contribution in [3.05, 3.63) is 12.2 Å². The molecule has 0 atom stereocenters. The number of carbonyl (C=O) groups excluding carboxylic acids is 1. The molecule has 6 heteroatoms. The molecule has 6 nitrogen and oxygen atoms in total. The average Bonchev–Trinajstić information content (AvgIpc) is 3.03. The molecule has 0 unspecified atom stereocenters. The summed E-state index contributed by atoms with van der Waals surface area (Å²) in [6.07, 6.45) is 4.07. The van der Waals surface area contributed by atoms with Crippen LogP contribution in [0.15, 0.2) is 6.33 Å². The number of esters is 1. The van der Waals surface area contributed by atoms with E-state index in [4.69, 9.17) is 0 Å². The molecule has 0 amide bonds. The van der Waals surface area contributed by atoms with E-state index < -0.39 is 5.97 Å². The lowest BCUT2D eigenvalue weighted by atomic mass is 10.3. The summed E-state index contributed by atoms with van der Waals surface area (Å²) in [6, 6.07) is 1.12. The molecule has 0 spiro atoms. The number of hydrogen-bond donors (Lipinski definition) is 0. The second kappa shape index (κ2) is 4.83. The zero-order valence-corrected chi connectivity index (χ0v) is 10.5. The molecule has 1 heterocycles. The maximum absolute atomic E-state index is 11.2. The van der Waals surface area contributed by atoms with Crippen molar-refractivity contribution < 1.29 is 9.53 Å². The summed E-state index contributed by atoms with van der Waals surface area (Å²) in [6.45, 7) is 5.00. The summed E-state index contributed by atoms with van der Waals surface area (Å²) in [7, 11) is 1.33. The van der Waals surface area contributed by atoms with Gasteiger partial charge in [0.25, 0.3) is 5.82 Å². The van der Waals surface area contributed by atoms with Gasteiger partial charge in [0.15, 0.2) is 0 Å². The number of hydrogen-bond acceptors (Lipinski definition) is 5. The van der Waals surface area contributed by atoms with Crippen LogP contribution in [0.1, 0.15) is 37.3 Å². The second-order valence-corrected chi connectivity index (χ2v) is 4.58. The molecule has 0 aliphatic heterocycles. The number of rotatable bonds is 5. The van der Waals surface area contributed by atoms with Gasteiger partial charge in [0.1, 0.15) is 6.33 Å². The zero-order valence-electron chi connectivity index (χ0n) is 10.5. The van der Waals surface area contributed by atoms with Crippen molar-refractivity contribution >= 4 is 5.97 Å². The Bertz CT molecular complexity index is 396. The fourth-order valence-electron chi connectivity index (χ4n) is 1.82. The van der Waals surface area contributed by atoms with E-state index in [0.717, 1.165) is 0 Å². The molecule has 1 aromatic rings. The molecule has 0 saturated heterocycles. The van der Waals surface area contributed by atoms with Gasteiger partial charge in [0.2, 0.25) is 0 Å². The van der Waals surface area contributed by atoms with Crippen LogP contribution in [0.2, 0.25) is 0 Å². The van der Waals surface area contributed by atoms with Gasteiger partial charge in [-0.15, -0.1) is 5.10 Å². The minimum absolute atomic E-state index is 0.118. The zero-order chi connectivity index (χ0) is 12.4. The Morgan fingerprint density at radius 2 is 2.35 bits per heavy atom. The lowest BCUT2D eigenvalue weighted by molar-refractivity contribution is 0.0585. The Labute approximate surface area is 101 Å². The van der Waals surface area contributed by atoms with Gasteiger partial charge in [-0.2, -0.15) is 0 Å². The highest BCUT2D eigenvalue weighted by Crippen LogP contribution is 2.28. The fourth-order valence-corrected chi connectivity index (χ4v) is 1.82. The molecular formula is C11H18N4O2. The summed E-state index contributed by atoms with van der Waals surface area (Å²) >= 11 is 0. The van der Waals surface area contributed by atoms with Crippen LogP contribution < -0.4 is 0 Å². The normalized spacial score (nSPS) is 15.6. The Hall–Kier alpha value is -1.43. The number of methoxy groups -OCH3 is 1. The molecule has 0 bridgehead atoms. The SMILES string of the molecule is COC(=O)c1ncn(CN(C(C)C)C2CC2)n1. The standard InChI is InChI=1S/C11H18N4O2/c1-8(2)15(9-4-5-9)7-14-6-12-10(13-14)11(16)17-3/h6,8-9H,4-5,7H2,1-3H3. The molecular weight excluding hydrogens is 220 g/mol. The van der Waals surface area contributed by atoms with Crippen LogP contribution in [0.5, 0.6) is 0 Å². The molecule has 94 valence electrons. The van der Waals surface area contributed by atoms with Crippen LogP contribution >= 0.6 is 0 Å². The van der Waals surface area contributed by atoms with E-state index in [9.17, 15) is 4.79 Å². The van der Waals surface area contributed by atoms with Crippen LogP contribution in [-0.4, -0.2) is 44.8 Å². The minimum atomic E-state index is -0.494. The Balaban J connectivity index is 2.02. The minimum Gasteiger partial charge on any atom is -0.463 e. The van der Waals surface area contributed by atoms with E-state index >= 15 is 0 Å². The van der Waals surface area contributed by atoms with Gasteiger partial charge in [0, 0.05) is 12.1 Å². The fraction of sp³-hybridized carbons (Fsp3) is 0.727. The first-order valence-electron chi connectivity index (χ1n) is 5.85. The van der Waals surface area contributed by atoms with Gasteiger partial charge < -0.3 is 4.74 Å². The summed E-state index contributed by atoms with van der Waals surface area (Å²) < 4.78 is 6.26. The molecule has 1 aliphatic rings. The number of ether oxygens (including phenoxy) is 1. The molecule has 17 heavy (non-hydrogen) atoms. The Kier molecular flexibility index (Phi) is 3.42. The molecule has 0 N–H and O–H groups in total. The van der Waals surface area contributed by atoms with Gasteiger partial charge in [0.05, 0.1) is 13.8 Å². The topological polar surface area (TPSA) is 60.2 Å². The maximum atomic E-state index is 11.2. The van der Waals surface area contributed by atoms with Crippen molar-refractivity contribution in [2.45, 2.75) is 45.4 Å². The van der Waals surface area contributed by atoms with Gasteiger partial charge in [-0.25, -0.2) is 14.5 Å². The maximum Gasteiger partial charge on any atom is 0.377 e. The highest BCUT2D eigenvalue weighted by Gasteiger charge is 2.31. The molecule has 2 rings (SSSR count). The molecule has 0 aromatic carbocycles. The van der Waals surface area contributed by atoms with Crippen LogP contribution in [-0.2, 0) is 11.4 Å². The molecule has 0 radical (unpaired) electrons. The summed E-state index contributed by atoms with van der Waals surface area (Å²) in [4.78, 5) is 17.5. The predicted molar refractivity (Wildman–Crippen MR) is 61.4 cm³/mol. The van der Waals surface area contributed by atoms with Crippen LogP contribution in [0, 0.1) is 0 Å². The molecule has 1 fully saturated rings. The van der Waals surface area contributed by atoms with Gasteiger partial charge >= 0.3 is 5.97 Å². The highest BCUT2D eigenvalue weighted by atomic mass is 16.5. The number of carbonyl (C=O) groups is 1. The first-order chi connectivity index (χ1) is 8.11. The second-order valence-electron chi connectivity index (χ2n) is 4.58. The highest BCUT2D eigenvalue weighted by molar-refractivity contribution is 5.84. The third kappa shape index (κ3) is 2.82. The Morgan fingerprint density at radius 3 is 2.88 bits per heavy atom. The van der Waals surface area contributed by atoms with Crippen molar-refractivity contribution in [2.24, 2.45) is 0 Å². The number of aromatic nitrogens is 3. The quantitative estimate of drug-likeness (QED) is 0.713. The van der Waals surface area contributed by atoms with Gasteiger partial charge in [-0.05, 0) is 26.7 Å². The summed E-state index contributed by atoms with van der Waals surface area (Å²) in [5, 5.41) is 4.10. The van der Waals surface area contributed by atoms with E-state index in [0.29, 0.717) is 18.8 Å². The van der Waals surface area contributed by atoms with Crippen molar-refractivity contribution in [1.29, 1.82) is 0 Å². The van der Waals surface area contributed by atoms with Gasteiger partial charge in [-0.1, -0.05) is 0 Å². The Morgan fingerprint density at radius 1 is 1.65 bits per heavy atom. The predicted octanol–water partition coefficient (Wildman–Crippen LogP) is 0.895. The molecule has 1 saturated carbocycles. The van der Waals surface area contributed by atoms with Crippen molar-refractivity contribution in [3.63, 3.8) is 0 Å². The smallest absolute Gasteiger partial charge is 0.377 e. The van der Waals surface area contributed by atoms with Crippen molar-refractivity contribution in [3.8, 4) is 0 Å². The van der Waals surface area contributed by atoms with Gasteiger partial charge in [-0.3, -0.25) is 4.90 Å². The summed E-state index contributed by atoms with van der Waals surface area (Å²) in [5.41, 5.74) is 0. The number of nitrogens with zero attached hydrogens (tertiary/aromatic N) is 4. The van der Waals surface area contributed by atoms with Crippen molar-refractivity contribution in [2.75, 3.05) is 7.11 Å². The third-order valence-corrected chi connectivity index (χ3v) is 2.89. The van der Waals surface area contributed by atoms with E-state index in [1.54, 1.807) is 11.0 Å². The molecule has 1 aliphatic carbocycles. The lowest BCUT2D eigenvalue weighted by Crippen LogP contribution is -2.35.